The highest BCUT2D eigenvalue weighted by Gasteiger charge is 2.11. The molecule has 2 heterocycles. The molecule has 0 saturated heterocycles. The fraction of sp³-hybridized carbons (Fsp3) is 0.143. The molecule has 0 bridgehead atoms. The van der Waals surface area contributed by atoms with Crippen LogP contribution in [0.5, 0.6) is 0 Å². The van der Waals surface area contributed by atoms with Crippen LogP contribution < -0.4 is 5.73 Å². The summed E-state index contributed by atoms with van der Waals surface area (Å²) < 4.78 is 5.17. The number of hydrogen-bond donors (Lipinski definition) is 1. The van der Waals surface area contributed by atoms with Crippen molar-refractivity contribution in [3.05, 3.63) is 58.2 Å². The van der Waals surface area contributed by atoms with Gasteiger partial charge in [-0.05, 0) is 40.6 Å². The fourth-order valence-electron chi connectivity index (χ4n) is 2.14. The Morgan fingerprint density at radius 2 is 2.06 bits per heavy atom. The van der Waals surface area contributed by atoms with E-state index in [1.54, 1.807) is 23.9 Å². The van der Waals surface area contributed by atoms with E-state index in [4.69, 9.17) is 10.2 Å². The van der Waals surface area contributed by atoms with Gasteiger partial charge in [-0.2, -0.15) is 0 Å². The average molecular weight is 243 g/mol. The molecule has 1 aliphatic heterocycles. The number of rotatable bonds is 3. The molecular formula is C14H13NOS. The molecule has 0 aromatic carbocycles. The van der Waals surface area contributed by atoms with Gasteiger partial charge in [0.1, 0.15) is 0 Å². The van der Waals surface area contributed by atoms with Crippen molar-refractivity contribution in [2.24, 2.45) is 5.73 Å². The first kappa shape index (κ1) is 10.6. The molecule has 0 saturated carbocycles. The van der Waals surface area contributed by atoms with E-state index in [0.717, 1.165) is 12.0 Å². The first-order valence-electron chi connectivity index (χ1n) is 5.57. The lowest BCUT2D eigenvalue weighted by molar-refractivity contribution is 0.552. The van der Waals surface area contributed by atoms with Crippen molar-refractivity contribution in [1.82, 2.24) is 0 Å². The van der Waals surface area contributed by atoms with Gasteiger partial charge in [-0.3, -0.25) is 0 Å². The molecule has 2 nitrogen and oxygen atoms in total. The Labute approximate surface area is 104 Å². The Morgan fingerprint density at radius 1 is 1.12 bits per heavy atom. The van der Waals surface area contributed by atoms with Gasteiger partial charge in [-0.1, -0.05) is 12.1 Å². The molecule has 86 valence electrons. The summed E-state index contributed by atoms with van der Waals surface area (Å²) in [6.45, 7) is 0.626. The molecule has 17 heavy (non-hydrogen) atoms. The van der Waals surface area contributed by atoms with Crippen molar-refractivity contribution in [1.29, 1.82) is 0 Å². The normalized spacial score (nSPS) is 11.1. The van der Waals surface area contributed by atoms with Gasteiger partial charge in [-0.15, -0.1) is 11.3 Å². The van der Waals surface area contributed by atoms with E-state index in [-0.39, 0.29) is 0 Å². The van der Waals surface area contributed by atoms with Crippen molar-refractivity contribution in [3.8, 4) is 11.1 Å². The minimum absolute atomic E-state index is 0.626. The Balaban J connectivity index is 1.96. The summed E-state index contributed by atoms with van der Waals surface area (Å²) in [6.07, 6.45) is 4.46. The topological polar surface area (TPSA) is 39.2 Å². The van der Waals surface area contributed by atoms with E-state index < -0.39 is 0 Å². The van der Waals surface area contributed by atoms with Gasteiger partial charge >= 0.3 is 0 Å². The zero-order chi connectivity index (χ0) is 11.7. The second-order valence-corrected chi connectivity index (χ2v) is 5.03. The second kappa shape index (κ2) is 4.35. The Hall–Kier alpha value is -1.58. The molecule has 0 radical (unpaired) electrons. The van der Waals surface area contributed by atoms with Crippen molar-refractivity contribution in [2.75, 3.05) is 0 Å². The molecule has 1 aromatic rings. The van der Waals surface area contributed by atoms with E-state index in [1.807, 2.05) is 6.07 Å². The van der Waals surface area contributed by atoms with Gasteiger partial charge in [0.15, 0.2) is 0 Å². The third-order valence-electron chi connectivity index (χ3n) is 3.03. The summed E-state index contributed by atoms with van der Waals surface area (Å²) in [5, 5.41) is 2.11. The van der Waals surface area contributed by atoms with Crippen LogP contribution in [0.2, 0.25) is 0 Å². The Morgan fingerprint density at radius 3 is 2.94 bits per heavy atom. The average Bonchev–Trinajstić information content (AvgIpc) is 2.97. The largest absolute Gasteiger partial charge is 0.472 e. The molecule has 3 heteroatoms. The molecule has 1 aliphatic carbocycles. The van der Waals surface area contributed by atoms with Crippen LogP contribution in [-0.2, 0) is 13.0 Å². The quantitative estimate of drug-likeness (QED) is 0.764. The maximum Gasteiger partial charge on any atom is 0.0979 e. The van der Waals surface area contributed by atoms with E-state index in [0.29, 0.717) is 6.54 Å². The van der Waals surface area contributed by atoms with Crippen LogP contribution in [0, 0.1) is 0 Å². The lowest BCUT2D eigenvalue weighted by Gasteiger charge is -2.04. The number of nitrogens with two attached hydrogens (primary N) is 1. The molecule has 0 atom stereocenters. The van der Waals surface area contributed by atoms with Crippen LogP contribution in [0.1, 0.15) is 16.0 Å². The highest BCUT2D eigenvalue weighted by Crippen LogP contribution is 2.30. The van der Waals surface area contributed by atoms with Crippen molar-refractivity contribution in [2.45, 2.75) is 13.0 Å². The zero-order valence-corrected chi connectivity index (χ0v) is 10.2. The molecule has 3 rings (SSSR count). The standard InChI is InChI=1S/C14H13NOS/c15-8-14-11(4-6-17-14)7-10-1-2-12-9-16-5-3-13(10)12/h1-6,9H,7-8,15H2. The van der Waals surface area contributed by atoms with Gasteiger partial charge in [-0.25, -0.2) is 0 Å². The smallest absolute Gasteiger partial charge is 0.0979 e. The van der Waals surface area contributed by atoms with Crippen LogP contribution in [-0.4, -0.2) is 0 Å². The first-order chi connectivity index (χ1) is 8.38. The summed E-state index contributed by atoms with van der Waals surface area (Å²) >= 11 is 1.73. The summed E-state index contributed by atoms with van der Waals surface area (Å²) in [5.41, 5.74) is 10.8. The predicted octanol–water partition coefficient (Wildman–Crippen LogP) is 3.50. The maximum absolute atomic E-state index is 5.73. The van der Waals surface area contributed by atoms with E-state index in [2.05, 4.69) is 23.6 Å². The third-order valence-corrected chi connectivity index (χ3v) is 4.02. The van der Waals surface area contributed by atoms with Crippen LogP contribution in [0.25, 0.3) is 11.1 Å². The van der Waals surface area contributed by atoms with Gasteiger partial charge in [0.25, 0.3) is 0 Å². The van der Waals surface area contributed by atoms with Gasteiger partial charge in [0.05, 0.1) is 12.5 Å². The lowest BCUT2D eigenvalue weighted by atomic mass is 10.0. The summed E-state index contributed by atoms with van der Waals surface area (Å²) in [5.74, 6) is 0. The fourth-order valence-corrected chi connectivity index (χ4v) is 2.93. The first-order valence-corrected chi connectivity index (χ1v) is 6.45. The number of fused-ring (bicyclic) bond motifs is 1. The van der Waals surface area contributed by atoms with Crippen LogP contribution >= 0.6 is 11.3 Å². The van der Waals surface area contributed by atoms with Crippen LogP contribution in [0.4, 0.5) is 0 Å². The SMILES string of the molecule is NCc1sccc1Cc1ccc2coccc1-2. The lowest BCUT2D eigenvalue weighted by Crippen LogP contribution is -1.98. The van der Waals surface area contributed by atoms with Crippen LogP contribution in [0.3, 0.4) is 0 Å². The number of thiophene rings is 1. The molecule has 2 N–H and O–H groups in total. The Kier molecular flexibility index (Phi) is 2.71. The maximum atomic E-state index is 5.73. The second-order valence-electron chi connectivity index (χ2n) is 4.03. The van der Waals surface area contributed by atoms with Gasteiger partial charge in [0.2, 0.25) is 0 Å². The van der Waals surface area contributed by atoms with E-state index in [1.165, 1.54) is 21.6 Å². The molecule has 1 aromatic heterocycles. The minimum atomic E-state index is 0.626. The summed E-state index contributed by atoms with van der Waals surface area (Å²) in [4.78, 5) is 1.28. The van der Waals surface area contributed by atoms with E-state index >= 15 is 0 Å². The van der Waals surface area contributed by atoms with Crippen molar-refractivity contribution >= 4 is 11.3 Å². The predicted molar refractivity (Wildman–Crippen MR) is 70.3 cm³/mol. The monoisotopic (exact) mass is 243 g/mol. The summed E-state index contributed by atoms with van der Waals surface area (Å²) in [6, 6.07) is 8.46. The highest BCUT2D eigenvalue weighted by molar-refractivity contribution is 7.10. The molecule has 2 aliphatic rings. The minimum Gasteiger partial charge on any atom is -0.472 e. The molecule has 0 amide bonds. The van der Waals surface area contributed by atoms with Gasteiger partial charge < -0.3 is 10.2 Å². The van der Waals surface area contributed by atoms with Crippen LogP contribution in [0.15, 0.2) is 46.6 Å². The van der Waals surface area contributed by atoms with Crippen molar-refractivity contribution < 1.29 is 4.42 Å². The summed E-state index contributed by atoms with van der Waals surface area (Å²) in [7, 11) is 0. The van der Waals surface area contributed by atoms with Crippen molar-refractivity contribution in [3.63, 3.8) is 0 Å². The highest BCUT2D eigenvalue weighted by atomic mass is 32.1. The van der Waals surface area contributed by atoms with Gasteiger partial charge in [0, 0.05) is 17.0 Å². The number of hydrogen-bond acceptors (Lipinski definition) is 3. The molecule has 0 fully saturated rings. The molecule has 0 unspecified atom stereocenters. The zero-order valence-electron chi connectivity index (χ0n) is 9.35. The Bertz CT molecular complexity index is 596. The molecular weight excluding hydrogens is 230 g/mol. The van der Waals surface area contributed by atoms with E-state index in [9.17, 15) is 0 Å². The third kappa shape index (κ3) is 1.88. The molecule has 0 spiro atoms.